The molecule has 188 valence electrons. The van der Waals surface area contributed by atoms with E-state index in [4.69, 9.17) is 0 Å². The number of phenolic OH excluding ortho intramolecular Hbond substituents is 1. The topological polar surface area (TPSA) is 132 Å². The number of aromatic nitrogens is 2. The van der Waals surface area contributed by atoms with Crippen LogP contribution in [-0.2, 0) is 0 Å². The molecule has 0 radical (unpaired) electrons. The summed E-state index contributed by atoms with van der Waals surface area (Å²) >= 11 is 6.15. The summed E-state index contributed by atoms with van der Waals surface area (Å²) in [5.74, 6) is 0.185. The maximum absolute atomic E-state index is 11.0. The van der Waals surface area contributed by atoms with Crippen molar-refractivity contribution in [2.24, 2.45) is 0 Å². The van der Waals surface area contributed by atoms with Crippen LogP contribution < -0.4 is 0 Å². The van der Waals surface area contributed by atoms with Crippen LogP contribution in [0.4, 0.5) is 11.4 Å². The van der Waals surface area contributed by atoms with Crippen molar-refractivity contribution in [3.05, 3.63) is 93.9 Å². The van der Waals surface area contributed by atoms with Crippen molar-refractivity contribution in [2.75, 3.05) is 0 Å². The first kappa shape index (κ1) is 26.3. The van der Waals surface area contributed by atoms with Gasteiger partial charge in [0.25, 0.3) is 11.4 Å². The molecule has 1 N–H and O–H groups in total. The van der Waals surface area contributed by atoms with E-state index >= 15 is 0 Å². The van der Waals surface area contributed by atoms with Gasteiger partial charge in [0.15, 0.2) is 0 Å². The number of nitro benzene ring substituents is 2. The first-order valence-electron chi connectivity index (χ1n) is 10.8. The molecule has 0 saturated heterocycles. The number of hydrogen-bond acceptors (Lipinski definition) is 9. The lowest BCUT2D eigenvalue weighted by Gasteiger charge is -1.97. The van der Waals surface area contributed by atoms with E-state index in [1.807, 2.05) is 19.1 Å². The van der Waals surface area contributed by atoms with Gasteiger partial charge in [-0.1, -0.05) is 12.1 Å². The van der Waals surface area contributed by atoms with Crippen molar-refractivity contribution in [1.29, 1.82) is 0 Å². The second-order valence-electron chi connectivity index (χ2n) is 8.06. The number of thiazole rings is 2. The van der Waals surface area contributed by atoms with Crippen LogP contribution in [0.1, 0.15) is 26.7 Å². The van der Waals surface area contributed by atoms with E-state index in [0.29, 0.717) is 15.6 Å². The molecule has 2 heterocycles. The van der Waals surface area contributed by atoms with Gasteiger partial charge in [-0.3, -0.25) is 20.2 Å². The molecule has 5 rings (SSSR count). The van der Waals surface area contributed by atoms with Crippen LogP contribution in [-0.4, -0.2) is 24.9 Å². The Balaban J connectivity index is 0.000000195. The van der Waals surface area contributed by atoms with E-state index in [1.54, 1.807) is 56.3 Å². The molecule has 0 unspecified atom stereocenters. The fraction of sp³-hybridized carbons (Fsp3) is 0.120. The average Bonchev–Trinajstić information content (AvgIpc) is 3.39. The summed E-state index contributed by atoms with van der Waals surface area (Å²) in [5.41, 5.74) is 4.05. The number of phenols is 1. The van der Waals surface area contributed by atoms with Gasteiger partial charge in [0, 0.05) is 23.3 Å². The summed E-state index contributed by atoms with van der Waals surface area (Å²) in [6.07, 6.45) is 3.73. The van der Waals surface area contributed by atoms with E-state index in [2.05, 4.69) is 25.9 Å². The lowest BCUT2D eigenvalue weighted by atomic mass is 10.2. The quantitative estimate of drug-likeness (QED) is 0.164. The molecular formula is C25H19BrN4O5S2. The predicted molar refractivity (Wildman–Crippen MR) is 151 cm³/mol. The van der Waals surface area contributed by atoms with Gasteiger partial charge < -0.3 is 5.11 Å². The van der Waals surface area contributed by atoms with Crippen LogP contribution in [0.15, 0.2) is 46.9 Å². The number of nitro groups is 2. The molecule has 5 aromatic rings. The maximum Gasteiger partial charge on any atom is 0.273 e. The second-order valence-corrected chi connectivity index (χ2v) is 11.2. The monoisotopic (exact) mass is 598 g/mol. The van der Waals surface area contributed by atoms with E-state index in [9.17, 15) is 25.3 Å². The molecule has 0 fully saturated rings. The largest absolute Gasteiger partial charge is 0.507 e. The molecular weight excluding hydrogens is 580 g/mol. The van der Waals surface area contributed by atoms with Crippen LogP contribution in [0.25, 0.3) is 32.6 Å². The highest BCUT2D eigenvalue weighted by Crippen LogP contribution is 2.31. The zero-order chi connectivity index (χ0) is 26.9. The third-order valence-corrected chi connectivity index (χ3v) is 7.87. The Labute approximate surface area is 227 Å². The van der Waals surface area contributed by atoms with Crippen LogP contribution in [0.5, 0.6) is 5.75 Å². The van der Waals surface area contributed by atoms with E-state index in [1.165, 1.54) is 22.7 Å². The van der Waals surface area contributed by atoms with Gasteiger partial charge in [-0.05, 0) is 72.6 Å². The summed E-state index contributed by atoms with van der Waals surface area (Å²) in [4.78, 5) is 29.7. The normalized spacial score (nSPS) is 11.1. The fourth-order valence-electron chi connectivity index (χ4n) is 3.53. The van der Waals surface area contributed by atoms with Gasteiger partial charge in [0.05, 0.1) is 39.8 Å². The molecule has 12 heteroatoms. The summed E-state index contributed by atoms with van der Waals surface area (Å²) < 4.78 is 2.28. The molecule has 9 nitrogen and oxygen atoms in total. The zero-order valence-electron chi connectivity index (χ0n) is 19.8. The van der Waals surface area contributed by atoms with Crippen LogP contribution in [0, 0.1) is 41.0 Å². The lowest BCUT2D eigenvalue weighted by Crippen LogP contribution is -1.90. The number of rotatable bonds is 4. The molecule has 0 bridgehead atoms. The third kappa shape index (κ3) is 5.98. The Bertz CT molecular complexity index is 1710. The molecule has 0 aliphatic heterocycles. The highest BCUT2D eigenvalue weighted by molar-refractivity contribution is 9.10. The molecule has 3 aromatic carbocycles. The van der Waals surface area contributed by atoms with Crippen LogP contribution in [0.2, 0.25) is 0 Å². The highest BCUT2D eigenvalue weighted by Gasteiger charge is 2.14. The molecule has 0 spiro atoms. The Morgan fingerprint density at radius 2 is 1.41 bits per heavy atom. The zero-order valence-corrected chi connectivity index (χ0v) is 23.0. The molecule has 2 aromatic heterocycles. The van der Waals surface area contributed by atoms with E-state index in [-0.39, 0.29) is 27.0 Å². The number of aryl methyl sites for hydroxylation is 3. The number of fused-ring (bicyclic) bond motifs is 2. The van der Waals surface area contributed by atoms with Crippen LogP contribution >= 0.6 is 38.6 Å². The van der Waals surface area contributed by atoms with Crippen molar-refractivity contribution in [2.45, 2.75) is 20.8 Å². The van der Waals surface area contributed by atoms with Gasteiger partial charge in [-0.2, -0.15) is 0 Å². The van der Waals surface area contributed by atoms with Crippen molar-refractivity contribution in [3.8, 4) is 5.75 Å². The van der Waals surface area contributed by atoms with E-state index in [0.717, 1.165) is 36.0 Å². The standard InChI is InChI=1S/C16H11BrN2O3S.C9H8N2O2S/c1-9-6-12-15(8-13(9)19(21)22)23-16(18-12)5-3-10-2-4-14(20)11(17)7-10;1-5-3-7-9(14-6(2)10-7)4-8(5)11(12)13/h2-8,20H,1H3;3-4H,1-2H3/b5-3+;. The summed E-state index contributed by atoms with van der Waals surface area (Å²) in [6, 6.07) is 11.9. The molecule has 0 aliphatic carbocycles. The van der Waals surface area contributed by atoms with Crippen LogP contribution in [0.3, 0.4) is 0 Å². The summed E-state index contributed by atoms with van der Waals surface area (Å²) in [6.45, 7) is 5.33. The van der Waals surface area contributed by atoms with Gasteiger partial charge in [-0.15, -0.1) is 22.7 Å². The molecule has 0 atom stereocenters. The first-order chi connectivity index (χ1) is 17.5. The van der Waals surface area contributed by atoms with Crippen molar-refractivity contribution < 1.29 is 15.0 Å². The van der Waals surface area contributed by atoms with E-state index < -0.39 is 0 Å². The van der Waals surface area contributed by atoms with Crippen molar-refractivity contribution in [3.63, 3.8) is 0 Å². The molecule has 0 amide bonds. The summed E-state index contributed by atoms with van der Waals surface area (Å²) in [7, 11) is 0. The first-order valence-corrected chi connectivity index (χ1v) is 13.2. The number of benzene rings is 3. The fourth-order valence-corrected chi connectivity index (χ4v) is 5.65. The average molecular weight is 599 g/mol. The highest BCUT2D eigenvalue weighted by atomic mass is 79.9. The minimum atomic E-state index is -0.377. The minimum absolute atomic E-state index is 0.110. The molecule has 0 saturated carbocycles. The Morgan fingerprint density at radius 3 is 1.97 bits per heavy atom. The van der Waals surface area contributed by atoms with Gasteiger partial charge in [-0.25, -0.2) is 9.97 Å². The smallest absolute Gasteiger partial charge is 0.273 e. The number of nitrogens with zero attached hydrogens (tertiary/aromatic N) is 4. The third-order valence-electron chi connectivity index (χ3n) is 5.32. The van der Waals surface area contributed by atoms with Gasteiger partial charge >= 0.3 is 0 Å². The molecule has 37 heavy (non-hydrogen) atoms. The Morgan fingerprint density at radius 1 is 0.838 bits per heavy atom. The lowest BCUT2D eigenvalue weighted by molar-refractivity contribution is -0.385. The Kier molecular flexibility index (Phi) is 7.62. The minimum Gasteiger partial charge on any atom is -0.507 e. The molecule has 0 aliphatic rings. The Hall–Kier alpha value is -3.74. The van der Waals surface area contributed by atoms with Crippen molar-refractivity contribution >= 4 is 82.6 Å². The van der Waals surface area contributed by atoms with Crippen molar-refractivity contribution in [1.82, 2.24) is 9.97 Å². The van der Waals surface area contributed by atoms with Gasteiger partial charge in [0.1, 0.15) is 10.8 Å². The summed E-state index contributed by atoms with van der Waals surface area (Å²) in [5, 5.41) is 32.8. The SMILES string of the molecule is Cc1cc2nc(/C=C/c3ccc(O)c(Br)c3)sc2cc1[N+](=O)[O-].Cc1nc2cc(C)c([N+](=O)[O-])cc2s1. The maximum atomic E-state index is 11.0. The number of aromatic hydroxyl groups is 1. The van der Waals surface area contributed by atoms with Gasteiger partial charge in [0.2, 0.25) is 0 Å². The number of halogens is 1. The second kappa shape index (κ2) is 10.7. The number of hydrogen-bond donors (Lipinski definition) is 1. The predicted octanol–water partition coefficient (Wildman–Crippen LogP) is 7.97.